The lowest BCUT2D eigenvalue weighted by atomic mass is 9.81. The number of piperidine rings is 1. The third-order valence-electron chi connectivity index (χ3n) is 5.50. The van der Waals surface area contributed by atoms with Gasteiger partial charge in [0, 0.05) is 25.9 Å². The van der Waals surface area contributed by atoms with Crippen molar-refractivity contribution in [2.75, 3.05) is 24.7 Å². The molecule has 0 aromatic carbocycles. The van der Waals surface area contributed by atoms with Gasteiger partial charge in [0.25, 0.3) is 5.92 Å². The number of nitriles is 1. The minimum absolute atomic E-state index is 0.0600. The summed E-state index contributed by atoms with van der Waals surface area (Å²) >= 11 is 0. The largest absolute Gasteiger partial charge is 0.470 e. The fraction of sp³-hybridized carbons (Fsp3) is 0.722. The number of halogens is 3. The van der Waals surface area contributed by atoms with Crippen LogP contribution in [0.3, 0.4) is 0 Å². The van der Waals surface area contributed by atoms with E-state index in [1.807, 2.05) is 6.07 Å². The third-order valence-corrected chi connectivity index (χ3v) is 6.77. The summed E-state index contributed by atoms with van der Waals surface area (Å²) in [6.45, 7) is 1.05. The molecule has 3 rings (SSSR count). The molecular formula is C18H24F3N5O4S. The number of hydrogen-bond donors (Lipinski definition) is 2. The van der Waals surface area contributed by atoms with Gasteiger partial charge in [-0.1, -0.05) is 0 Å². The Morgan fingerprint density at radius 2 is 2.13 bits per heavy atom. The maximum absolute atomic E-state index is 14.5. The van der Waals surface area contributed by atoms with E-state index in [-0.39, 0.29) is 43.3 Å². The van der Waals surface area contributed by atoms with Crippen LogP contribution in [-0.4, -0.2) is 77.0 Å². The molecule has 1 saturated heterocycles. The maximum Gasteiger partial charge on any atom is 0.251 e. The number of anilines is 1. The second-order valence-corrected chi connectivity index (χ2v) is 10.2. The molecule has 0 unspecified atom stereocenters. The highest BCUT2D eigenvalue weighted by atomic mass is 32.2. The van der Waals surface area contributed by atoms with E-state index in [9.17, 15) is 32.0 Å². The Morgan fingerprint density at radius 1 is 1.42 bits per heavy atom. The van der Waals surface area contributed by atoms with Crippen LogP contribution in [0.1, 0.15) is 38.2 Å². The fourth-order valence-electron chi connectivity index (χ4n) is 3.81. The number of aliphatic hydroxyl groups is 1. The van der Waals surface area contributed by atoms with E-state index in [2.05, 4.69) is 15.3 Å². The predicted octanol–water partition coefficient (Wildman–Crippen LogP) is 1.45. The van der Waals surface area contributed by atoms with E-state index >= 15 is 0 Å². The van der Waals surface area contributed by atoms with Gasteiger partial charge in [-0.15, -0.1) is 0 Å². The summed E-state index contributed by atoms with van der Waals surface area (Å²) < 4.78 is 71.6. The SMILES string of the molecule is C[C@@]1(O)CC(F)(F)CC[C@@H]1Oc1nc(N[C@H]2CCN(S(C)(=O)=O)C[C@H]2F)ncc1C#N. The molecule has 1 aliphatic heterocycles. The van der Waals surface area contributed by atoms with E-state index in [1.54, 1.807) is 0 Å². The van der Waals surface area contributed by atoms with Crippen molar-refractivity contribution in [2.24, 2.45) is 0 Å². The van der Waals surface area contributed by atoms with Gasteiger partial charge in [-0.25, -0.2) is 26.6 Å². The van der Waals surface area contributed by atoms with Gasteiger partial charge >= 0.3 is 0 Å². The molecule has 2 N–H and O–H groups in total. The summed E-state index contributed by atoms with van der Waals surface area (Å²) in [4.78, 5) is 8.03. The van der Waals surface area contributed by atoms with Crippen LogP contribution in [0, 0.1) is 11.3 Å². The highest BCUT2D eigenvalue weighted by molar-refractivity contribution is 7.88. The average molecular weight is 463 g/mol. The van der Waals surface area contributed by atoms with Crippen molar-refractivity contribution in [2.45, 2.75) is 62.4 Å². The van der Waals surface area contributed by atoms with Crippen LogP contribution >= 0.6 is 0 Å². The number of nitrogens with one attached hydrogen (secondary N) is 1. The van der Waals surface area contributed by atoms with Crippen LogP contribution in [0.2, 0.25) is 0 Å². The summed E-state index contributed by atoms with van der Waals surface area (Å²) in [5.41, 5.74) is -1.91. The summed E-state index contributed by atoms with van der Waals surface area (Å²) in [6, 6.07) is 1.07. The van der Waals surface area contributed by atoms with Crippen LogP contribution in [0.4, 0.5) is 19.1 Å². The monoisotopic (exact) mass is 463 g/mol. The normalized spacial score (nSPS) is 31.6. The molecule has 9 nitrogen and oxygen atoms in total. The molecule has 4 atom stereocenters. The Kier molecular flexibility index (Phi) is 6.37. The zero-order valence-electron chi connectivity index (χ0n) is 17.1. The Bertz CT molecular complexity index is 969. The highest BCUT2D eigenvalue weighted by Crippen LogP contribution is 2.40. The number of ether oxygens (including phenoxy) is 1. The molecule has 1 aromatic rings. The van der Waals surface area contributed by atoms with Crippen LogP contribution in [0.25, 0.3) is 0 Å². The smallest absolute Gasteiger partial charge is 0.251 e. The van der Waals surface area contributed by atoms with Crippen molar-refractivity contribution in [3.05, 3.63) is 11.8 Å². The number of sulfonamides is 1. The molecule has 1 aliphatic carbocycles. The summed E-state index contributed by atoms with van der Waals surface area (Å²) in [5.74, 6) is -3.29. The molecule has 2 aliphatic rings. The number of rotatable bonds is 5. The molecule has 0 spiro atoms. The second kappa shape index (κ2) is 8.40. The highest BCUT2D eigenvalue weighted by Gasteiger charge is 2.49. The number of nitrogens with zero attached hydrogens (tertiary/aromatic N) is 4. The van der Waals surface area contributed by atoms with Gasteiger partial charge in [-0.3, -0.25) is 0 Å². The molecular weight excluding hydrogens is 439 g/mol. The Hall–Kier alpha value is -2.17. The Labute approximate surface area is 178 Å². The second-order valence-electron chi connectivity index (χ2n) is 8.24. The van der Waals surface area contributed by atoms with Crippen molar-refractivity contribution in [3.63, 3.8) is 0 Å². The lowest BCUT2D eigenvalue weighted by molar-refractivity contribution is -0.162. The third kappa shape index (κ3) is 5.55. The van der Waals surface area contributed by atoms with E-state index in [0.717, 1.165) is 16.8 Å². The maximum atomic E-state index is 14.5. The van der Waals surface area contributed by atoms with Gasteiger partial charge in [0.2, 0.25) is 21.9 Å². The summed E-state index contributed by atoms with van der Waals surface area (Å²) in [6.07, 6.45) is -1.62. The van der Waals surface area contributed by atoms with Crippen LogP contribution in [-0.2, 0) is 10.0 Å². The van der Waals surface area contributed by atoms with E-state index in [4.69, 9.17) is 4.74 Å². The van der Waals surface area contributed by atoms with Crippen molar-refractivity contribution < 1.29 is 31.4 Å². The first-order valence-corrected chi connectivity index (χ1v) is 11.6. The summed E-state index contributed by atoms with van der Waals surface area (Å²) in [5, 5.41) is 22.5. The lowest BCUT2D eigenvalue weighted by Gasteiger charge is -2.40. The lowest BCUT2D eigenvalue weighted by Crippen LogP contribution is -2.51. The molecule has 1 saturated carbocycles. The quantitative estimate of drug-likeness (QED) is 0.672. The first-order chi connectivity index (χ1) is 14.3. The standard InChI is InChI=1S/C18H24F3N5O4S/c1-17(27)10-18(20,21)5-3-14(17)30-15-11(7-22)8-23-16(25-15)24-13-4-6-26(9-12(13)19)31(2,28)29/h8,12-14,27H,3-6,9-10H2,1-2H3,(H,23,24,25)/t12-,13+,14+,17-/m1/s1. The molecule has 0 bridgehead atoms. The van der Waals surface area contributed by atoms with Gasteiger partial charge < -0.3 is 15.2 Å². The van der Waals surface area contributed by atoms with Gasteiger partial charge in [-0.05, 0) is 19.8 Å². The first-order valence-electron chi connectivity index (χ1n) is 9.70. The summed E-state index contributed by atoms with van der Waals surface area (Å²) in [7, 11) is -3.51. The fourth-order valence-corrected chi connectivity index (χ4v) is 4.66. The van der Waals surface area contributed by atoms with Crippen molar-refractivity contribution >= 4 is 16.0 Å². The molecule has 31 heavy (non-hydrogen) atoms. The molecule has 1 aromatic heterocycles. The van der Waals surface area contributed by atoms with Gasteiger partial charge in [-0.2, -0.15) is 14.6 Å². The molecule has 13 heteroatoms. The number of aromatic nitrogens is 2. The Balaban J connectivity index is 1.74. The minimum atomic E-state index is -3.51. The van der Waals surface area contributed by atoms with Crippen molar-refractivity contribution in [1.82, 2.24) is 14.3 Å². The van der Waals surface area contributed by atoms with E-state index < -0.39 is 52.7 Å². The van der Waals surface area contributed by atoms with E-state index in [1.165, 1.54) is 6.92 Å². The Morgan fingerprint density at radius 3 is 2.71 bits per heavy atom. The number of alkyl halides is 3. The molecule has 2 heterocycles. The average Bonchev–Trinajstić information content (AvgIpc) is 2.64. The van der Waals surface area contributed by atoms with Gasteiger partial charge in [0.1, 0.15) is 29.5 Å². The van der Waals surface area contributed by atoms with Crippen LogP contribution < -0.4 is 10.1 Å². The predicted molar refractivity (Wildman–Crippen MR) is 104 cm³/mol. The van der Waals surface area contributed by atoms with Crippen LogP contribution in [0.15, 0.2) is 6.20 Å². The molecule has 0 radical (unpaired) electrons. The zero-order chi connectivity index (χ0) is 23.0. The zero-order valence-corrected chi connectivity index (χ0v) is 17.9. The topological polar surface area (TPSA) is 128 Å². The van der Waals surface area contributed by atoms with Gasteiger partial charge in [0.05, 0.1) is 18.5 Å². The van der Waals surface area contributed by atoms with E-state index in [0.29, 0.717) is 0 Å². The van der Waals surface area contributed by atoms with Crippen molar-refractivity contribution in [3.8, 4) is 11.9 Å². The molecule has 172 valence electrons. The van der Waals surface area contributed by atoms with Crippen molar-refractivity contribution in [1.29, 1.82) is 5.26 Å². The van der Waals surface area contributed by atoms with Crippen LogP contribution in [0.5, 0.6) is 5.88 Å². The number of hydrogen-bond acceptors (Lipinski definition) is 8. The first kappa shape index (κ1) is 23.5. The molecule has 2 fully saturated rings. The minimum Gasteiger partial charge on any atom is -0.470 e. The van der Waals surface area contributed by atoms with Gasteiger partial charge in [0.15, 0.2) is 0 Å². The molecule has 0 amide bonds.